The second kappa shape index (κ2) is 8.13. The second-order valence-corrected chi connectivity index (χ2v) is 6.64. The monoisotopic (exact) mass is 340 g/mol. The smallest absolute Gasteiger partial charge is 0.237 e. The number of hydrogen-bond donors (Lipinski definition) is 1. The van der Waals surface area contributed by atoms with Crippen LogP contribution in [-0.2, 0) is 22.6 Å². The summed E-state index contributed by atoms with van der Waals surface area (Å²) >= 11 is 0. The van der Waals surface area contributed by atoms with E-state index < -0.39 is 0 Å². The average molecular weight is 340 g/mol. The average Bonchev–Trinajstić information content (AvgIpc) is 3.13. The molecule has 6 heteroatoms. The molecule has 25 heavy (non-hydrogen) atoms. The number of rotatable bonds is 5. The number of likely N-dealkylation sites (tertiary alicyclic amines) is 1. The van der Waals surface area contributed by atoms with Gasteiger partial charge in [-0.25, -0.2) is 0 Å². The van der Waals surface area contributed by atoms with Gasteiger partial charge in [-0.2, -0.15) is 5.26 Å². The number of nitrogens with one attached hydrogen (secondary N) is 1. The molecule has 2 aliphatic heterocycles. The molecule has 0 aromatic heterocycles. The van der Waals surface area contributed by atoms with E-state index in [0.717, 1.165) is 25.8 Å². The quantitative estimate of drug-likeness (QED) is 0.814. The van der Waals surface area contributed by atoms with Crippen LogP contribution in [-0.4, -0.2) is 53.8 Å². The first-order valence-corrected chi connectivity index (χ1v) is 8.93. The van der Waals surface area contributed by atoms with Gasteiger partial charge in [0, 0.05) is 32.6 Å². The van der Waals surface area contributed by atoms with E-state index in [1.54, 1.807) is 4.90 Å². The number of nitrogens with zero attached hydrogens (tertiary/aromatic N) is 3. The van der Waals surface area contributed by atoms with Crippen LogP contribution in [0.3, 0.4) is 0 Å². The number of nitriles is 1. The highest BCUT2D eigenvalue weighted by molar-refractivity contribution is 5.79. The molecular formula is C19H24N4O2. The standard InChI is InChI=1S/C19H24N4O2/c20-12-17-6-3-10-23(17)19(25)13-21-9-7-18(24)22-11-8-15-4-1-2-5-16(15)14-22/h1-2,4-5,17,21H,3,6-11,13-14H2. The maximum absolute atomic E-state index is 12.4. The fourth-order valence-corrected chi connectivity index (χ4v) is 3.56. The molecule has 3 rings (SSSR count). The Bertz CT molecular complexity index is 682. The lowest BCUT2D eigenvalue weighted by Gasteiger charge is -2.29. The van der Waals surface area contributed by atoms with Gasteiger partial charge in [0.1, 0.15) is 6.04 Å². The zero-order valence-corrected chi connectivity index (χ0v) is 14.4. The number of amides is 2. The largest absolute Gasteiger partial charge is 0.338 e. The van der Waals surface area contributed by atoms with E-state index in [4.69, 9.17) is 5.26 Å². The highest BCUT2D eigenvalue weighted by atomic mass is 16.2. The number of fused-ring (bicyclic) bond motifs is 1. The first kappa shape index (κ1) is 17.4. The molecule has 0 radical (unpaired) electrons. The molecule has 1 fully saturated rings. The van der Waals surface area contributed by atoms with Gasteiger partial charge in [-0.1, -0.05) is 24.3 Å². The van der Waals surface area contributed by atoms with Crippen LogP contribution in [0.25, 0.3) is 0 Å². The fourth-order valence-electron chi connectivity index (χ4n) is 3.56. The predicted octanol–water partition coefficient (Wildman–Crippen LogP) is 1.07. The minimum atomic E-state index is -0.288. The van der Waals surface area contributed by atoms with Gasteiger partial charge in [-0.05, 0) is 30.4 Å². The first-order valence-electron chi connectivity index (χ1n) is 8.93. The molecule has 1 saturated heterocycles. The summed E-state index contributed by atoms with van der Waals surface area (Å²) < 4.78 is 0. The molecule has 2 amide bonds. The van der Waals surface area contributed by atoms with E-state index in [9.17, 15) is 9.59 Å². The summed E-state index contributed by atoms with van der Waals surface area (Å²) in [6.07, 6.45) is 2.94. The predicted molar refractivity (Wildman–Crippen MR) is 93.4 cm³/mol. The summed E-state index contributed by atoms with van der Waals surface area (Å²) in [5.41, 5.74) is 2.55. The maximum atomic E-state index is 12.4. The topological polar surface area (TPSA) is 76.4 Å². The maximum Gasteiger partial charge on any atom is 0.237 e. The third kappa shape index (κ3) is 4.18. The highest BCUT2D eigenvalue weighted by Crippen LogP contribution is 2.19. The molecule has 6 nitrogen and oxygen atoms in total. The SMILES string of the molecule is N#CC1CCCN1C(=O)CNCCC(=O)N1CCc2ccccc2C1. The van der Waals surface area contributed by atoms with Gasteiger partial charge in [-0.15, -0.1) is 0 Å². The lowest BCUT2D eigenvalue weighted by molar-refractivity contribution is -0.133. The summed E-state index contributed by atoms with van der Waals surface area (Å²) in [4.78, 5) is 28.0. The van der Waals surface area contributed by atoms with Gasteiger partial charge in [0.05, 0.1) is 12.6 Å². The molecule has 0 spiro atoms. The van der Waals surface area contributed by atoms with Crippen molar-refractivity contribution >= 4 is 11.8 Å². The molecule has 0 bridgehead atoms. The fraction of sp³-hybridized carbons (Fsp3) is 0.526. The van der Waals surface area contributed by atoms with Gasteiger partial charge < -0.3 is 15.1 Å². The zero-order chi connectivity index (χ0) is 17.6. The Morgan fingerprint density at radius 1 is 1.20 bits per heavy atom. The van der Waals surface area contributed by atoms with E-state index in [1.807, 2.05) is 17.0 Å². The van der Waals surface area contributed by atoms with E-state index in [-0.39, 0.29) is 24.4 Å². The number of carbonyl (C=O) groups excluding carboxylic acids is 2. The third-order valence-corrected chi connectivity index (χ3v) is 5.00. The molecule has 1 aromatic rings. The van der Waals surface area contributed by atoms with Crippen LogP contribution in [0, 0.1) is 11.3 Å². The third-order valence-electron chi connectivity index (χ3n) is 5.00. The van der Waals surface area contributed by atoms with E-state index in [1.165, 1.54) is 11.1 Å². The first-order chi connectivity index (χ1) is 12.2. The molecule has 1 unspecified atom stereocenters. The summed E-state index contributed by atoms with van der Waals surface area (Å²) in [6.45, 7) is 2.75. The Labute approximate surface area is 148 Å². The van der Waals surface area contributed by atoms with Crippen LogP contribution in [0.2, 0.25) is 0 Å². The Hall–Kier alpha value is -2.39. The zero-order valence-electron chi connectivity index (χ0n) is 14.4. The van der Waals surface area contributed by atoms with Crippen molar-refractivity contribution in [3.8, 4) is 6.07 Å². The van der Waals surface area contributed by atoms with Crippen LogP contribution in [0.15, 0.2) is 24.3 Å². The molecule has 1 N–H and O–H groups in total. The van der Waals surface area contributed by atoms with E-state index >= 15 is 0 Å². The molecule has 1 aromatic carbocycles. The van der Waals surface area contributed by atoms with Gasteiger partial charge in [-0.3, -0.25) is 9.59 Å². The van der Waals surface area contributed by atoms with Crippen LogP contribution >= 0.6 is 0 Å². The second-order valence-electron chi connectivity index (χ2n) is 6.64. The molecule has 1 atom stereocenters. The lowest BCUT2D eigenvalue weighted by Crippen LogP contribution is -2.42. The van der Waals surface area contributed by atoms with Crippen LogP contribution in [0.4, 0.5) is 0 Å². The van der Waals surface area contributed by atoms with Gasteiger partial charge in [0.2, 0.25) is 11.8 Å². The Balaban J connectivity index is 1.39. The van der Waals surface area contributed by atoms with Crippen molar-refractivity contribution in [2.75, 3.05) is 26.2 Å². The summed E-state index contributed by atoms with van der Waals surface area (Å²) in [7, 11) is 0. The van der Waals surface area contributed by atoms with Crippen molar-refractivity contribution in [1.29, 1.82) is 5.26 Å². The molecule has 0 saturated carbocycles. The Kier molecular flexibility index (Phi) is 5.67. The van der Waals surface area contributed by atoms with Crippen molar-refractivity contribution in [1.82, 2.24) is 15.1 Å². The molecule has 2 aliphatic rings. The van der Waals surface area contributed by atoms with Gasteiger partial charge in [0.15, 0.2) is 0 Å². The summed E-state index contributed by atoms with van der Waals surface area (Å²) in [5, 5.41) is 12.1. The van der Waals surface area contributed by atoms with Crippen molar-refractivity contribution in [2.45, 2.75) is 38.3 Å². The molecule has 0 aliphatic carbocycles. The van der Waals surface area contributed by atoms with E-state index in [2.05, 4.69) is 23.5 Å². The van der Waals surface area contributed by atoms with Crippen molar-refractivity contribution in [3.05, 3.63) is 35.4 Å². The normalized spacial score (nSPS) is 19.4. The summed E-state index contributed by atoms with van der Waals surface area (Å²) in [5.74, 6) is 0.0638. The Morgan fingerprint density at radius 3 is 2.80 bits per heavy atom. The summed E-state index contributed by atoms with van der Waals surface area (Å²) in [6, 6.07) is 10.1. The van der Waals surface area contributed by atoms with Crippen LogP contribution in [0.5, 0.6) is 0 Å². The number of benzene rings is 1. The van der Waals surface area contributed by atoms with Crippen molar-refractivity contribution in [2.24, 2.45) is 0 Å². The lowest BCUT2D eigenvalue weighted by atomic mass is 10.00. The van der Waals surface area contributed by atoms with Gasteiger partial charge in [0.25, 0.3) is 0 Å². The molecule has 2 heterocycles. The molecule has 132 valence electrons. The molecular weight excluding hydrogens is 316 g/mol. The minimum absolute atomic E-state index is 0.0524. The van der Waals surface area contributed by atoms with Gasteiger partial charge >= 0.3 is 0 Å². The van der Waals surface area contributed by atoms with Crippen molar-refractivity contribution in [3.63, 3.8) is 0 Å². The van der Waals surface area contributed by atoms with E-state index in [0.29, 0.717) is 26.1 Å². The number of hydrogen-bond acceptors (Lipinski definition) is 4. The van der Waals surface area contributed by atoms with Crippen LogP contribution < -0.4 is 5.32 Å². The minimum Gasteiger partial charge on any atom is -0.338 e. The number of carbonyl (C=O) groups is 2. The highest BCUT2D eigenvalue weighted by Gasteiger charge is 2.28. The Morgan fingerprint density at radius 2 is 2.00 bits per heavy atom. The van der Waals surface area contributed by atoms with Crippen LogP contribution in [0.1, 0.15) is 30.4 Å². The van der Waals surface area contributed by atoms with Crippen molar-refractivity contribution < 1.29 is 9.59 Å².